The molecule has 0 saturated carbocycles. The molecule has 0 fully saturated rings. The lowest BCUT2D eigenvalue weighted by atomic mass is 10.0. The fourth-order valence-corrected chi connectivity index (χ4v) is 4.39. The molecule has 0 aliphatic rings. The molecule has 0 aliphatic heterocycles. The largest absolute Gasteiger partial charge is 0.485 e. The number of benzene rings is 4. The molecule has 4 rings (SSSR count). The number of hydrogen-bond donors (Lipinski definition) is 2. The van der Waals surface area contributed by atoms with Crippen LogP contribution < -0.4 is 20.5 Å². The molecule has 6 nitrogen and oxygen atoms in total. The van der Waals surface area contributed by atoms with E-state index in [4.69, 9.17) is 15.2 Å². The molecule has 0 spiro atoms. The Morgan fingerprint density at radius 3 is 1.64 bits per heavy atom. The summed E-state index contributed by atoms with van der Waals surface area (Å²) in [6, 6.07) is 23.1. The van der Waals surface area contributed by atoms with Gasteiger partial charge in [0.2, 0.25) is 11.8 Å². The number of rotatable bonds is 12. The molecule has 0 unspecified atom stereocenters. The maximum absolute atomic E-state index is 13.2. The molecule has 0 saturated heterocycles. The zero-order valence-electron chi connectivity index (χ0n) is 23.6. The second-order valence-corrected chi connectivity index (χ2v) is 10.1. The summed E-state index contributed by atoms with van der Waals surface area (Å²) in [5.41, 5.74) is 4.14. The number of primary amides is 1. The number of ether oxygens (including phenoxy) is 2. The predicted molar refractivity (Wildman–Crippen MR) is 153 cm³/mol. The lowest BCUT2D eigenvalue weighted by molar-refractivity contribution is -0.143. The van der Waals surface area contributed by atoms with Gasteiger partial charge in [0.25, 0.3) is 0 Å². The minimum absolute atomic E-state index is 0.0295. The van der Waals surface area contributed by atoms with Crippen LogP contribution in [0, 0.1) is 0 Å². The molecule has 4 aromatic rings. The van der Waals surface area contributed by atoms with Crippen molar-refractivity contribution in [2.24, 2.45) is 5.73 Å². The van der Waals surface area contributed by atoms with Crippen molar-refractivity contribution in [1.29, 1.82) is 0 Å². The lowest BCUT2D eigenvalue weighted by Gasteiger charge is -2.19. The predicted octanol–water partition coefficient (Wildman–Crippen LogP) is 6.64. The zero-order valence-corrected chi connectivity index (χ0v) is 23.6. The summed E-state index contributed by atoms with van der Waals surface area (Å²) < 4.78 is 91.4. The molecule has 0 aromatic heterocycles. The van der Waals surface area contributed by atoms with Crippen molar-refractivity contribution in [3.63, 3.8) is 0 Å². The van der Waals surface area contributed by atoms with Gasteiger partial charge in [-0.05, 0) is 52.6 Å². The van der Waals surface area contributed by atoms with Crippen molar-refractivity contribution in [1.82, 2.24) is 5.32 Å². The van der Waals surface area contributed by atoms with E-state index in [1.165, 1.54) is 0 Å². The number of nitrogens with two attached hydrogens (primary N) is 1. The highest BCUT2D eigenvalue weighted by atomic mass is 19.4. The fraction of sp³-hybridized carbons (Fsp3) is 0.212. The average Bonchev–Trinajstić information content (AvgIpc) is 2.99. The number of carbonyl (C=O) groups excluding carboxylic acids is 2. The van der Waals surface area contributed by atoms with Gasteiger partial charge in [0.05, 0.1) is 17.5 Å². The molecule has 45 heavy (non-hydrogen) atoms. The fourth-order valence-electron chi connectivity index (χ4n) is 4.39. The Morgan fingerprint density at radius 2 is 1.16 bits per heavy atom. The number of alkyl halides is 6. The van der Waals surface area contributed by atoms with E-state index in [-0.39, 0.29) is 25.7 Å². The van der Waals surface area contributed by atoms with E-state index in [1.54, 1.807) is 18.2 Å². The molecule has 0 bridgehead atoms. The molecule has 3 N–H and O–H groups in total. The van der Waals surface area contributed by atoms with E-state index in [0.29, 0.717) is 29.2 Å². The van der Waals surface area contributed by atoms with E-state index < -0.39 is 53.3 Å². The van der Waals surface area contributed by atoms with Gasteiger partial charge < -0.3 is 20.5 Å². The van der Waals surface area contributed by atoms with Gasteiger partial charge >= 0.3 is 12.4 Å². The van der Waals surface area contributed by atoms with Gasteiger partial charge in [0, 0.05) is 6.42 Å². The van der Waals surface area contributed by atoms with Crippen molar-refractivity contribution >= 4 is 11.8 Å². The summed E-state index contributed by atoms with van der Waals surface area (Å²) in [5.74, 6) is -1.21. The summed E-state index contributed by atoms with van der Waals surface area (Å²) in [5, 5.41) is 2.32. The van der Waals surface area contributed by atoms with Crippen LogP contribution in [0.1, 0.15) is 33.4 Å². The van der Waals surface area contributed by atoms with Crippen LogP contribution >= 0.6 is 0 Å². The number of halogens is 6. The first kappa shape index (κ1) is 32.9. The maximum atomic E-state index is 13.2. The topological polar surface area (TPSA) is 90.7 Å². The van der Waals surface area contributed by atoms with Gasteiger partial charge in [-0.1, -0.05) is 66.7 Å². The molecule has 2 amide bonds. The molecule has 1 atom stereocenters. The third-order valence-electron chi connectivity index (χ3n) is 6.61. The van der Waals surface area contributed by atoms with Crippen LogP contribution in [0.2, 0.25) is 0 Å². The molecule has 12 heteroatoms. The van der Waals surface area contributed by atoms with E-state index in [9.17, 15) is 35.9 Å². The summed E-state index contributed by atoms with van der Waals surface area (Å²) in [6.45, 7) is 0.437. The Hall–Kier alpha value is -5.00. The lowest BCUT2D eigenvalue weighted by Crippen LogP contribution is -2.46. The van der Waals surface area contributed by atoms with Crippen molar-refractivity contribution in [2.75, 3.05) is 0 Å². The Labute approximate surface area is 254 Å². The average molecular weight is 631 g/mol. The van der Waals surface area contributed by atoms with Crippen molar-refractivity contribution in [3.05, 3.63) is 130 Å². The van der Waals surface area contributed by atoms with E-state index in [2.05, 4.69) is 5.32 Å². The minimum Gasteiger partial charge on any atom is -0.485 e. The smallest absolute Gasteiger partial charge is 0.416 e. The Balaban J connectivity index is 1.51. The van der Waals surface area contributed by atoms with Crippen LogP contribution in [0.25, 0.3) is 0 Å². The molecule has 0 aliphatic carbocycles. The molecule has 0 radical (unpaired) electrons. The van der Waals surface area contributed by atoms with Crippen molar-refractivity contribution in [2.45, 2.75) is 44.4 Å². The van der Waals surface area contributed by atoms with Crippen LogP contribution in [0.3, 0.4) is 0 Å². The Morgan fingerprint density at radius 1 is 0.644 bits per heavy atom. The van der Waals surface area contributed by atoms with Crippen LogP contribution in [-0.4, -0.2) is 17.9 Å². The monoisotopic (exact) mass is 630 g/mol. The van der Waals surface area contributed by atoms with E-state index in [0.717, 1.165) is 11.1 Å². The normalized spacial score (nSPS) is 12.3. The summed E-state index contributed by atoms with van der Waals surface area (Å²) in [6.07, 6.45) is -11.1. The quantitative estimate of drug-likeness (QED) is 0.172. The van der Waals surface area contributed by atoms with E-state index in [1.807, 2.05) is 60.7 Å². The maximum Gasteiger partial charge on any atom is 0.416 e. The first-order valence-corrected chi connectivity index (χ1v) is 13.6. The summed E-state index contributed by atoms with van der Waals surface area (Å²) in [7, 11) is 0. The number of amides is 2. The second-order valence-electron chi connectivity index (χ2n) is 10.1. The molecule has 4 aromatic carbocycles. The zero-order chi connectivity index (χ0) is 32.6. The van der Waals surface area contributed by atoms with Gasteiger partial charge in [-0.2, -0.15) is 26.3 Å². The second kappa shape index (κ2) is 14.2. The van der Waals surface area contributed by atoms with Gasteiger partial charge in [0.1, 0.15) is 19.3 Å². The first-order chi connectivity index (χ1) is 21.3. The third-order valence-corrected chi connectivity index (χ3v) is 6.61. The summed E-state index contributed by atoms with van der Waals surface area (Å²) in [4.78, 5) is 25.0. The van der Waals surface area contributed by atoms with Gasteiger partial charge in [-0.15, -0.1) is 0 Å². The number of nitrogens with one attached hydrogen (secondary N) is 1. The van der Waals surface area contributed by atoms with Gasteiger partial charge in [-0.3, -0.25) is 9.59 Å². The van der Waals surface area contributed by atoms with Crippen molar-refractivity contribution < 1.29 is 45.4 Å². The van der Waals surface area contributed by atoms with Gasteiger partial charge in [-0.25, -0.2) is 0 Å². The standard InChI is InChI=1S/C33H28F6N2O4/c34-32(35,36)25-13-24(14-26(18-25)33(37,38)39)17-30(42)41-27(31(40)43)15-23-11-12-28(44-19-21-7-3-1-4-8-21)29(16-23)45-20-22-9-5-2-6-10-22/h1-14,16,18,27H,15,17,19-20H2,(H2,40,43)(H,41,42)/t27-/m0/s1. The molecular formula is C33H28F6N2O4. The van der Waals surface area contributed by atoms with Crippen LogP contribution in [0.5, 0.6) is 11.5 Å². The third kappa shape index (κ3) is 9.75. The molecule has 236 valence electrons. The van der Waals surface area contributed by atoms with Gasteiger partial charge in [0.15, 0.2) is 11.5 Å². The van der Waals surface area contributed by atoms with Crippen LogP contribution in [0.4, 0.5) is 26.3 Å². The van der Waals surface area contributed by atoms with E-state index >= 15 is 0 Å². The Bertz CT molecular complexity index is 1580. The highest BCUT2D eigenvalue weighted by Crippen LogP contribution is 2.36. The van der Waals surface area contributed by atoms with Crippen LogP contribution in [-0.2, 0) is 48.0 Å². The van der Waals surface area contributed by atoms with Crippen molar-refractivity contribution in [3.8, 4) is 11.5 Å². The highest BCUT2D eigenvalue weighted by Gasteiger charge is 2.37. The Kier molecular flexibility index (Phi) is 10.4. The van der Waals surface area contributed by atoms with Crippen LogP contribution in [0.15, 0.2) is 97.1 Å². The SMILES string of the molecule is NC(=O)[C@H](Cc1ccc(OCc2ccccc2)c(OCc2ccccc2)c1)NC(=O)Cc1cc(C(F)(F)F)cc(C(F)(F)F)c1. The number of carbonyl (C=O) groups is 2. The minimum atomic E-state index is -5.07. The number of hydrogen-bond acceptors (Lipinski definition) is 4. The first-order valence-electron chi connectivity index (χ1n) is 13.6. The molecular weight excluding hydrogens is 602 g/mol. The molecule has 0 heterocycles. The summed E-state index contributed by atoms with van der Waals surface area (Å²) >= 11 is 0. The highest BCUT2D eigenvalue weighted by molar-refractivity contribution is 5.87.